The summed E-state index contributed by atoms with van der Waals surface area (Å²) in [5.74, 6) is 2.23. The molecular formula is C17H15BrClN5O. The minimum Gasteiger partial charge on any atom is -0.439 e. The molecule has 6 nitrogen and oxygen atoms in total. The van der Waals surface area contributed by atoms with Gasteiger partial charge in [-0.2, -0.15) is 14.7 Å². The highest BCUT2D eigenvalue weighted by Gasteiger charge is 2.24. The van der Waals surface area contributed by atoms with Crippen molar-refractivity contribution < 1.29 is 4.42 Å². The Morgan fingerprint density at radius 2 is 1.88 bits per heavy atom. The number of fused-ring (bicyclic) bond motifs is 1. The number of rotatable bonds is 2. The molecule has 0 N–H and O–H groups in total. The Hall–Kier alpha value is -2.12. The number of oxazole rings is 1. The maximum absolute atomic E-state index is 6.45. The van der Waals surface area contributed by atoms with E-state index in [2.05, 4.69) is 31.1 Å². The molecule has 0 saturated carbocycles. The fraction of sp³-hybridized carbons (Fsp3) is 0.235. The predicted octanol–water partition coefficient (Wildman–Crippen LogP) is 4.82. The lowest BCUT2D eigenvalue weighted by atomic mass is 10.1. The van der Waals surface area contributed by atoms with Crippen LogP contribution in [-0.4, -0.2) is 24.4 Å². The van der Waals surface area contributed by atoms with E-state index in [1.54, 1.807) is 9.20 Å². The van der Waals surface area contributed by atoms with Gasteiger partial charge in [0.1, 0.15) is 23.1 Å². The molecule has 0 aliphatic rings. The van der Waals surface area contributed by atoms with Crippen molar-refractivity contribution in [2.24, 2.45) is 0 Å². The van der Waals surface area contributed by atoms with E-state index >= 15 is 0 Å². The van der Waals surface area contributed by atoms with Gasteiger partial charge in [0.15, 0.2) is 5.69 Å². The highest BCUT2D eigenvalue weighted by molar-refractivity contribution is 9.10. The van der Waals surface area contributed by atoms with E-state index in [0.29, 0.717) is 16.6 Å². The number of hydrogen-bond acceptors (Lipinski definition) is 4. The Bertz CT molecular complexity index is 1120. The first-order valence-corrected chi connectivity index (χ1v) is 8.88. The third kappa shape index (κ3) is 2.49. The summed E-state index contributed by atoms with van der Waals surface area (Å²) in [4.78, 5) is 4.37. The zero-order chi connectivity index (χ0) is 17.9. The molecule has 1 aromatic carbocycles. The van der Waals surface area contributed by atoms with Crippen LogP contribution in [0, 0.1) is 27.7 Å². The number of aryl methyl sites for hydroxylation is 4. The zero-order valence-corrected chi connectivity index (χ0v) is 16.5. The molecule has 128 valence electrons. The highest BCUT2D eigenvalue weighted by atomic mass is 79.9. The number of benzene rings is 1. The van der Waals surface area contributed by atoms with Gasteiger partial charge in [-0.05, 0) is 39.8 Å². The van der Waals surface area contributed by atoms with E-state index in [0.717, 1.165) is 38.7 Å². The summed E-state index contributed by atoms with van der Waals surface area (Å²) in [6.45, 7) is 7.60. The molecule has 0 fully saturated rings. The summed E-state index contributed by atoms with van der Waals surface area (Å²) >= 11 is 9.88. The van der Waals surface area contributed by atoms with E-state index < -0.39 is 0 Å². The first-order valence-electron chi connectivity index (χ1n) is 7.71. The first-order chi connectivity index (χ1) is 11.9. The molecular weight excluding hydrogens is 406 g/mol. The van der Waals surface area contributed by atoms with E-state index in [-0.39, 0.29) is 0 Å². The van der Waals surface area contributed by atoms with E-state index in [1.165, 1.54) is 0 Å². The van der Waals surface area contributed by atoms with Gasteiger partial charge in [-0.15, -0.1) is 0 Å². The molecule has 0 saturated heterocycles. The van der Waals surface area contributed by atoms with Crippen LogP contribution in [0.5, 0.6) is 0 Å². The van der Waals surface area contributed by atoms with Crippen molar-refractivity contribution in [3.8, 4) is 16.9 Å². The Balaban J connectivity index is 2.02. The normalized spacial score (nSPS) is 11.6. The fourth-order valence-corrected chi connectivity index (χ4v) is 3.81. The minimum atomic E-state index is 0.622. The fourth-order valence-electron chi connectivity index (χ4n) is 3.05. The molecule has 0 radical (unpaired) electrons. The second-order valence-corrected chi connectivity index (χ2v) is 7.22. The molecule has 4 aromatic rings. The number of nitrogens with zero attached hydrogens (tertiary/aromatic N) is 5. The smallest absolute Gasteiger partial charge is 0.249 e. The highest BCUT2D eigenvalue weighted by Crippen LogP contribution is 2.36. The minimum absolute atomic E-state index is 0.622. The van der Waals surface area contributed by atoms with Crippen LogP contribution in [0.15, 0.2) is 27.1 Å². The van der Waals surface area contributed by atoms with E-state index in [4.69, 9.17) is 16.0 Å². The monoisotopic (exact) mass is 419 g/mol. The Kier molecular flexibility index (Phi) is 3.73. The van der Waals surface area contributed by atoms with Crippen molar-refractivity contribution in [2.45, 2.75) is 27.7 Å². The Morgan fingerprint density at radius 1 is 1.12 bits per heavy atom. The van der Waals surface area contributed by atoms with Crippen molar-refractivity contribution in [3.05, 3.63) is 50.8 Å². The maximum Gasteiger partial charge on any atom is 0.249 e. The van der Waals surface area contributed by atoms with Crippen LogP contribution in [0.1, 0.15) is 23.1 Å². The molecule has 3 heterocycles. The molecule has 0 unspecified atom stereocenters. The summed E-state index contributed by atoms with van der Waals surface area (Å²) in [5.41, 5.74) is 3.91. The molecule has 0 amide bonds. The third-order valence-corrected chi connectivity index (χ3v) is 4.86. The van der Waals surface area contributed by atoms with Crippen LogP contribution < -0.4 is 0 Å². The second-order valence-electron chi connectivity index (χ2n) is 5.90. The SMILES string of the molecule is Cc1nc(C)n(-c2c(C)nn3c(-c4ccc(Br)cc4Cl)c(C)oc23)n1. The van der Waals surface area contributed by atoms with Gasteiger partial charge in [0.25, 0.3) is 0 Å². The molecule has 25 heavy (non-hydrogen) atoms. The third-order valence-electron chi connectivity index (χ3n) is 4.06. The van der Waals surface area contributed by atoms with Crippen molar-refractivity contribution in [2.75, 3.05) is 0 Å². The Labute approximate surface area is 157 Å². The molecule has 0 atom stereocenters. The average molecular weight is 421 g/mol. The van der Waals surface area contributed by atoms with Crippen LogP contribution in [0.25, 0.3) is 22.7 Å². The summed E-state index contributed by atoms with van der Waals surface area (Å²) in [6.07, 6.45) is 0. The molecule has 8 heteroatoms. The number of aromatic nitrogens is 5. The standard InChI is InChI=1S/C17H15BrClN5O/c1-8-15(23-11(4)20-10(3)22-23)17-24(21-8)16(9(2)25-17)13-6-5-12(18)7-14(13)19/h5-7H,1-4H3. The largest absolute Gasteiger partial charge is 0.439 e. The van der Waals surface area contributed by atoms with Gasteiger partial charge in [0.05, 0.1) is 10.7 Å². The topological polar surface area (TPSA) is 61.2 Å². The van der Waals surface area contributed by atoms with Gasteiger partial charge in [0, 0.05) is 10.0 Å². The van der Waals surface area contributed by atoms with Gasteiger partial charge >= 0.3 is 0 Å². The van der Waals surface area contributed by atoms with Gasteiger partial charge in [-0.3, -0.25) is 0 Å². The van der Waals surface area contributed by atoms with Crippen LogP contribution >= 0.6 is 27.5 Å². The average Bonchev–Trinajstić information content (AvgIpc) is 3.11. The molecule has 4 rings (SSSR count). The lowest BCUT2D eigenvalue weighted by molar-refractivity contribution is 0.569. The molecule has 3 aromatic heterocycles. The zero-order valence-electron chi connectivity index (χ0n) is 14.1. The van der Waals surface area contributed by atoms with E-state index in [1.807, 2.05) is 45.9 Å². The van der Waals surface area contributed by atoms with Crippen molar-refractivity contribution in [3.63, 3.8) is 0 Å². The lowest BCUT2D eigenvalue weighted by Gasteiger charge is -2.03. The van der Waals surface area contributed by atoms with Crippen LogP contribution in [0.2, 0.25) is 5.02 Å². The quantitative estimate of drug-likeness (QED) is 0.466. The summed E-state index contributed by atoms with van der Waals surface area (Å²) in [5, 5.41) is 9.76. The van der Waals surface area contributed by atoms with Crippen molar-refractivity contribution >= 4 is 33.2 Å². The van der Waals surface area contributed by atoms with E-state index in [9.17, 15) is 0 Å². The summed E-state index contributed by atoms with van der Waals surface area (Å²) in [7, 11) is 0. The summed E-state index contributed by atoms with van der Waals surface area (Å²) < 4.78 is 10.5. The lowest BCUT2D eigenvalue weighted by Crippen LogP contribution is -2.00. The first kappa shape index (κ1) is 16.4. The van der Waals surface area contributed by atoms with Gasteiger partial charge in [0.2, 0.25) is 5.71 Å². The maximum atomic E-state index is 6.45. The summed E-state index contributed by atoms with van der Waals surface area (Å²) in [6, 6.07) is 5.75. The molecule has 0 aliphatic heterocycles. The second kappa shape index (κ2) is 5.71. The number of hydrogen-bond donors (Lipinski definition) is 0. The molecule has 0 bridgehead atoms. The molecule has 0 spiro atoms. The predicted molar refractivity (Wildman–Crippen MR) is 99.5 cm³/mol. The van der Waals surface area contributed by atoms with Crippen LogP contribution in [-0.2, 0) is 0 Å². The number of halogens is 2. The van der Waals surface area contributed by atoms with Crippen molar-refractivity contribution in [1.29, 1.82) is 0 Å². The van der Waals surface area contributed by atoms with Gasteiger partial charge in [-0.25, -0.2) is 9.67 Å². The molecule has 0 aliphatic carbocycles. The van der Waals surface area contributed by atoms with Gasteiger partial charge < -0.3 is 4.42 Å². The van der Waals surface area contributed by atoms with Crippen LogP contribution in [0.3, 0.4) is 0 Å². The van der Waals surface area contributed by atoms with Crippen LogP contribution in [0.4, 0.5) is 0 Å². The Morgan fingerprint density at radius 3 is 2.52 bits per heavy atom. The van der Waals surface area contributed by atoms with Gasteiger partial charge in [-0.1, -0.05) is 33.6 Å². The van der Waals surface area contributed by atoms with Crippen molar-refractivity contribution in [1.82, 2.24) is 24.4 Å².